The zero-order valence-electron chi connectivity index (χ0n) is 12.2. The van der Waals surface area contributed by atoms with E-state index in [1.165, 1.54) is 12.0 Å². The van der Waals surface area contributed by atoms with Gasteiger partial charge in [0.1, 0.15) is 11.9 Å². The monoisotopic (exact) mass is 263 g/mol. The van der Waals surface area contributed by atoms with Crippen molar-refractivity contribution in [3.8, 4) is 5.75 Å². The second-order valence-electron chi connectivity index (χ2n) is 5.59. The normalized spacial score (nSPS) is 25.1. The molecule has 1 aliphatic carbocycles. The summed E-state index contributed by atoms with van der Waals surface area (Å²) in [5.41, 5.74) is 8.31. The molecule has 0 spiro atoms. The quantitative estimate of drug-likeness (QED) is 0.906. The molecule has 2 unspecified atom stereocenters. The summed E-state index contributed by atoms with van der Waals surface area (Å²) in [7, 11) is 1.78. The Hall–Kier alpha value is -1.06. The molecule has 0 aromatic heterocycles. The van der Waals surface area contributed by atoms with E-state index in [-0.39, 0.29) is 12.1 Å². The predicted octanol–water partition coefficient (Wildman–Crippen LogP) is 3.35. The topological polar surface area (TPSA) is 44.5 Å². The minimum Gasteiger partial charge on any atom is -0.490 e. The van der Waals surface area contributed by atoms with E-state index in [4.69, 9.17) is 15.2 Å². The lowest BCUT2D eigenvalue weighted by Gasteiger charge is -2.29. The number of hydrogen-bond donors (Lipinski definition) is 1. The van der Waals surface area contributed by atoms with E-state index in [0.29, 0.717) is 6.10 Å². The van der Waals surface area contributed by atoms with Gasteiger partial charge in [0.25, 0.3) is 0 Å². The molecule has 1 fully saturated rings. The van der Waals surface area contributed by atoms with Crippen molar-refractivity contribution < 1.29 is 9.47 Å². The van der Waals surface area contributed by atoms with E-state index < -0.39 is 0 Å². The highest BCUT2D eigenvalue weighted by Gasteiger charge is 2.24. The van der Waals surface area contributed by atoms with Crippen LogP contribution in [0.15, 0.2) is 18.2 Å². The van der Waals surface area contributed by atoms with Crippen molar-refractivity contribution in [3.05, 3.63) is 29.3 Å². The lowest BCUT2D eigenvalue weighted by molar-refractivity contribution is 0.0206. The van der Waals surface area contributed by atoms with Crippen LogP contribution in [-0.4, -0.2) is 19.3 Å². The van der Waals surface area contributed by atoms with E-state index in [0.717, 1.165) is 30.6 Å². The van der Waals surface area contributed by atoms with Gasteiger partial charge in [-0.3, -0.25) is 0 Å². The van der Waals surface area contributed by atoms with Crippen LogP contribution in [0.3, 0.4) is 0 Å². The maximum Gasteiger partial charge on any atom is 0.124 e. The van der Waals surface area contributed by atoms with Crippen molar-refractivity contribution in [1.82, 2.24) is 0 Å². The van der Waals surface area contributed by atoms with E-state index in [9.17, 15) is 0 Å². The van der Waals surface area contributed by atoms with E-state index in [1.807, 2.05) is 6.92 Å². The summed E-state index contributed by atoms with van der Waals surface area (Å²) in [5, 5.41) is 0. The van der Waals surface area contributed by atoms with E-state index in [1.54, 1.807) is 7.11 Å². The van der Waals surface area contributed by atoms with Gasteiger partial charge in [-0.05, 0) is 44.7 Å². The first-order valence-corrected chi connectivity index (χ1v) is 7.15. The van der Waals surface area contributed by atoms with Gasteiger partial charge in [0.15, 0.2) is 0 Å². The molecule has 2 N–H and O–H groups in total. The molecular weight excluding hydrogens is 238 g/mol. The molecule has 1 aliphatic rings. The standard InChI is InChI=1S/C16H25NO2/c1-11-7-8-15(12(2)17)16(9-11)19-14-6-4-5-13(10-14)18-3/h7-9,12-14H,4-6,10,17H2,1-3H3/t12-,13?,14?/m0/s1. The molecule has 3 heteroatoms. The Balaban J connectivity index is 2.11. The number of aryl methyl sites for hydroxylation is 1. The van der Waals surface area contributed by atoms with Gasteiger partial charge in [0.05, 0.1) is 6.10 Å². The Bertz CT molecular complexity index is 417. The van der Waals surface area contributed by atoms with E-state index >= 15 is 0 Å². The van der Waals surface area contributed by atoms with Crippen molar-refractivity contribution in [3.63, 3.8) is 0 Å². The van der Waals surface area contributed by atoms with Gasteiger partial charge >= 0.3 is 0 Å². The highest BCUT2D eigenvalue weighted by atomic mass is 16.5. The molecule has 1 saturated carbocycles. The first-order chi connectivity index (χ1) is 9.10. The van der Waals surface area contributed by atoms with Crippen molar-refractivity contribution in [1.29, 1.82) is 0 Å². The van der Waals surface area contributed by atoms with Crippen LogP contribution in [0.4, 0.5) is 0 Å². The van der Waals surface area contributed by atoms with Gasteiger partial charge in [-0.25, -0.2) is 0 Å². The van der Waals surface area contributed by atoms with Gasteiger partial charge in [-0.15, -0.1) is 0 Å². The number of ether oxygens (including phenoxy) is 2. The molecule has 2 rings (SSSR count). The Morgan fingerprint density at radius 3 is 2.68 bits per heavy atom. The zero-order chi connectivity index (χ0) is 13.8. The van der Waals surface area contributed by atoms with Gasteiger partial charge in [-0.1, -0.05) is 12.1 Å². The van der Waals surface area contributed by atoms with Crippen molar-refractivity contribution in [2.45, 2.75) is 57.8 Å². The lowest BCUT2D eigenvalue weighted by atomic mass is 9.94. The molecular formula is C16H25NO2. The van der Waals surface area contributed by atoms with Crippen LogP contribution in [0, 0.1) is 6.92 Å². The number of hydrogen-bond acceptors (Lipinski definition) is 3. The highest BCUT2D eigenvalue weighted by Crippen LogP contribution is 2.30. The van der Waals surface area contributed by atoms with Crippen LogP contribution in [0.5, 0.6) is 5.75 Å². The minimum atomic E-state index is -0.00240. The summed E-state index contributed by atoms with van der Waals surface area (Å²) < 4.78 is 11.7. The summed E-state index contributed by atoms with van der Waals surface area (Å²) >= 11 is 0. The molecule has 19 heavy (non-hydrogen) atoms. The Kier molecular flexibility index (Phi) is 4.83. The van der Waals surface area contributed by atoms with Crippen molar-refractivity contribution >= 4 is 0 Å². The molecule has 0 radical (unpaired) electrons. The number of nitrogens with two attached hydrogens (primary N) is 1. The first kappa shape index (κ1) is 14.4. The lowest BCUT2D eigenvalue weighted by Crippen LogP contribution is -2.30. The molecule has 0 heterocycles. The van der Waals surface area contributed by atoms with Crippen LogP contribution in [0.25, 0.3) is 0 Å². The SMILES string of the molecule is COC1CCCC(Oc2cc(C)ccc2[C@H](C)N)C1. The Morgan fingerprint density at radius 2 is 2.00 bits per heavy atom. The molecule has 0 bridgehead atoms. The van der Waals surface area contributed by atoms with Gasteiger partial charge in [0.2, 0.25) is 0 Å². The average molecular weight is 263 g/mol. The fourth-order valence-corrected chi connectivity index (χ4v) is 2.72. The molecule has 3 atom stereocenters. The number of methoxy groups -OCH3 is 1. The third kappa shape index (κ3) is 3.71. The summed E-state index contributed by atoms with van der Waals surface area (Å²) in [4.78, 5) is 0. The van der Waals surface area contributed by atoms with Crippen LogP contribution in [0.2, 0.25) is 0 Å². The van der Waals surface area contributed by atoms with Crippen LogP contribution in [-0.2, 0) is 4.74 Å². The second-order valence-corrected chi connectivity index (χ2v) is 5.59. The Morgan fingerprint density at radius 1 is 1.26 bits per heavy atom. The molecule has 1 aromatic carbocycles. The minimum absolute atomic E-state index is 0.00240. The van der Waals surface area contributed by atoms with Crippen molar-refractivity contribution in [2.24, 2.45) is 5.73 Å². The average Bonchev–Trinajstić information content (AvgIpc) is 2.38. The summed E-state index contributed by atoms with van der Waals surface area (Å²) in [6.45, 7) is 4.08. The van der Waals surface area contributed by atoms with Crippen LogP contribution < -0.4 is 10.5 Å². The summed E-state index contributed by atoms with van der Waals surface area (Å²) in [6, 6.07) is 6.25. The first-order valence-electron chi connectivity index (χ1n) is 7.15. The van der Waals surface area contributed by atoms with Crippen LogP contribution in [0.1, 0.15) is 49.8 Å². The number of benzene rings is 1. The molecule has 106 valence electrons. The maximum absolute atomic E-state index is 6.20. The molecule has 1 aromatic rings. The zero-order valence-corrected chi connectivity index (χ0v) is 12.2. The Labute approximate surface area is 116 Å². The third-order valence-electron chi connectivity index (χ3n) is 3.86. The summed E-state index contributed by atoms with van der Waals surface area (Å²) in [5.74, 6) is 0.941. The maximum atomic E-state index is 6.20. The highest BCUT2D eigenvalue weighted by molar-refractivity contribution is 5.39. The fraction of sp³-hybridized carbons (Fsp3) is 0.625. The van der Waals surface area contributed by atoms with E-state index in [2.05, 4.69) is 25.1 Å². The molecule has 0 saturated heterocycles. The largest absolute Gasteiger partial charge is 0.490 e. The molecule has 3 nitrogen and oxygen atoms in total. The smallest absolute Gasteiger partial charge is 0.124 e. The number of rotatable bonds is 4. The second kappa shape index (κ2) is 6.40. The third-order valence-corrected chi connectivity index (χ3v) is 3.86. The van der Waals surface area contributed by atoms with Gasteiger partial charge in [0, 0.05) is 25.1 Å². The predicted molar refractivity (Wildman–Crippen MR) is 77.5 cm³/mol. The molecule has 0 amide bonds. The molecule has 0 aliphatic heterocycles. The van der Waals surface area contributed by atoms with Gasteiger partial charge in [-0.2, -0.15) is 0 Å². The van der Waals surface area contributed by atoms with Crippen molar-refractivity contribution in [2.75, 3.05) is 7.11 Å². The summed E-state index contributed by atoms with van der Waals surface area (Å²) in [6.07, 6.45) is 4.97. The van der Waals surface area contributed by atoms with Gasteiger partial charge < -0.3 is 15.2 Å². The van der Waals surface area contributed by atoms with Crippen LogP contribution >= 0.6 is 0 Å². The fourth-order valence-electron chi connectivity index (χ4n) is 2.72.